The molecule has 0 saturated heterocycles. The van der Waals surface area contributed by atoms with Gasteiger partial charge in [0.1, 0.15) is 0 Å². The molecule has 0 bridgehead atoms. The van der Waals surface area contributed by atoms with Crippen molar-refractivity contribution in [2.45, 2.75) is 50.2 Å². The molecular formula is C14H22N2O3S. The van der Waals surface area contributed by atoms with Gasteiger partial charge < -0.3 is 10.5 Å². The van der Waals surface area contributed by atoms with E-state index in [1.165, 1.54) is 0 Å². The van der Waals surface area contributed by atoms with Gasteiger partial charge in [0.25, 0.3) is 0 Å². The number of aryl methyl sites for hydroxylation is 1. The number of ether oxygens (including phenoxy) is 1. The number of methoxy groups -OCH3 is 1. The first-order valence-corrected chi connectivity index (χ1v) is 8.25. The minimum Gasteiger partial charge on any atom is -0.398 e. The van der Waals surface area contributed by atoms with Crippen molar-refractivity contribution in [3.63, 3.8) is 0 Å². The number of benzene rings is 1. The van der Waals surface area contributed by atoms with E-state index in [4.69, 9.17) is 10.5 Å². The lowest BCUT2D eigenvalue weighted by Crippen LogP contribution is -2.40. The zero-order valence-corrected chi connectivity index (χ0v) is 13.0. The van der Waals surface area contributed by atoms with Crippen LogP contribution in [0.4, 0.5) is 5.69 Å². The van der Waals surface area contributed by atoms with E-state index in [1.54, 1.807) is 26.2 Å². The van der Waals surface area contributed by atoms with Crippen molar-refractivity contribution in [3.05, 3.63) is 23.3 Å². The third-order valence-corrected chi connectivity index (χ3v) is 5.51. The summed E-state index contributed by atoms with van der Waals surface area (Å²) in [7, 11) is -1.95. The second kappa shape index (κ2) is 5.71. The molecule has 0 aromatic heterocycles. The Labute approximate surface area is 120 Å². The molecule has 0 heterocycles. The molecule has 2 atom stereocenters. The molecule has 0 radical (unpaired) electrons. The van der Waals surface area contributed by atoms with Crippen LogP contribution < -0.4 is 10.5 Å². The van der Waals surface area contributed by atoms with Crippen LogP contribution in [0.15, 0.2) is 17.0 Å². The monoisotopic (exact) mass is 298 g/mol. The third kappa shape index (κ3) is 2.97. The number of hydrogen-bond acceptors (Lipinski definition) is 4. The van der Waals surface area contributed by atoms with Gasteiger partial charge in [-0.25, -0.2) is 13.1 Å². The first kappa shape index (κ1) is 15.3. The van der Waals surface area contributed by atoms with Crippen molar-refractivity contribution in [3.8, 4) is 0 Å². The number of anilines is 1. The Morgan fingerprint density at radius 2 is 2.00 bits per heavy atom. The highest BCUT2D eigenvalue weighted by Gasteiger charge is 2.32. The zero-order chi connectivity index (χ0) is 14.9. The highest BCUT2D eigenvalue weighted by molar-refractivity contribution is 7.89. The van der Waals surface area contributed by atoms with Gasteiger partial charge in [-0.3, -0.25) is 0 Å². The van der Waals surface area contributed by atoms with E-state index in [-0.39, 0.29) is 17.0 Å². The van der Waals surface area contributed by atoms with E-state index in [0.717, 1.165) is 24.8 Å². The highest BCUT2D eigenvalue weighted by atomic mass is 32.2. The molecule has 5 nitrogen and oxygen atoms in total. The lowest BCUT2D eigenvalue weighted by molar-refractivity contribution is 0.0916. The molecule has 3 N–H and O–H groups in total. The lowest BCUT2D eigenvalue weighted by atomic mass is 10.1. The second-order valence-corrected chi connectivity index (χ2v) is 7.09. The van der Waals surface area contributed by atoms with Crippen LogP contribution in [-0.4, -0.2) is 27.7 Å². The van der Waals surface area contributed by atoms with Crippen molar-refractivity contribution >= 4 is 15.7 Å². The van der Waals surface area contributed by atoms with Crippen LogP contribution in [0.2, 0.25) is 0 Å². The maximum atomic E-state index is 12.6. The average Bonchev–Trinajstić information content (AvgIpc) is 2.80. The van der Waals surface area contributed by atoms with E-state index >= 15 is 0 Å². The summed E-state index contributed by atoms with van der Waals surface area (Å²) in [5.74, 6) is 0. The van der Waals surface area contributed by atoms with Gasteiger partial charge in [0.15, 0.2) is 0 Å². The van der Waals surface area contributed by atoms with Crippen molar-refractivity contribution in [1.29, 1.82) is 0 Å². The van der Waals surface area contributed by atoms with Crippen LogP contribution in [0.5, 0.6) is 0 Å². The summed E-state index contributed by atoms with van der Waals surface area (Å²) in [4.78, 5) is 0.261. The Balaban J connectivity index is 2.31. The molecule has 1 aromatic carbocycles. The van der Waals surface area contributed by atoms with Crippen LogP contribution in [-0.2, 0) is 14.8 Å². The van der Waals surface area contributed by atoms with Crippen molar-refractivity contribution in [2.24, 2.45) is 0 Å². The van der Waals surface area contributed by atoms with Gasteiger partial charge in [-0.2, -0.15) is 0 Å². The van der Waals surface area contributed by atoms with Crippen LogP contribution in [0.1, 0.15) is 30.4 Å². The fourth-order valence-corrected chi connectivity index (χ4v) is 4.39. The van der Waals surface area contributed by atoms with Gasteiger partial charge in [-0.1, -0.05) is 0 Å². The first-order chi connectivity index (χ1) is 9.35. The topological polar surface area (TPSA) is 81.4 Å². The number of nitrogens with one attached hydrogen (secondary N) is 1. The predicted octanol–water partition coefficient (Wildman–Crippen LogP) is 1.73. The molecule has 20 heavy (non-hydrogen) atoms. The quantitative estimate of drug-likeness (QED) is 0.830. The number of rotatable bonds is 4. The fraction of sp³-hybridized carbons (Fsp3) is 0.571. The summed E-state index contributed by atoms with van der Waals surface area (Å²) in [6, 6.07) is 3.28. The third-order valence-electron chi connectivity index (χ3n) is 3.90. The number of nitrogen functional groups attached to an aromatic ring is 1. The lowest BCUT2D eigenvalue weighted by Gasteiger charge is -2.20. The van der Waals surface area contributed by atoms with Crippen molar-refractivity contribution < 1.29 is 13.2 Å². The Bertz CT molecular complexity index is 599. The molecule has 1 aliphatic carbocycles. The molecule has 1 aromatic rings. The smallest absolute Gasteiger partial charge is 0.241 e. The van der Waals surface area contributed by atoms with E-state index in [2.05, 4.69) is 4.72 Å². The molecule has 2 unspecified atom stereocenters. The maximum Gasteiger partial charge on any atom is 0.241 e. The summed E-state index contributed by atoms with van der Waals surface area (Å²) in [6.45, 7) is 3.56. The largest absolute Gasteiger partial charge is 0.398 e. The van der Waals surface area contributed by atoms with Gasteiger partial charge in [0.2, 0.25) is 10.0 Å². The molecule has 0 amide bonds. The molecule has 0 spiro atoms. The minimum atomic E-state index is -3.57. The average molecular weight is 298 g/mol. The van der Waals surface area contributed by atoms with E-state index < -0.39 is 10.0 Å². The van der Waals surface area contributed by atoms with Gasteiger partial charge in [-0.05, 0) is 56.4 Å². The molecule has 1 aliphatic rings. The molecule has 1 fully saturated rings. The van der Waals surface area contributed by atoms with Gasteiger partial charge in [0.05, 0.1) is 11.0 Å². The van der Waals surface area contributed by atoms with Gasteiger partial charge >= 0.3 is 0 Å². The van der Waals surface area contributed by atoms with E-state index in [1.807, 2.05) is 6.92 Å². The predicted molar refractivity (Wildman–Crippen MR) is 79.1 cm³/mol. The number of sulfonamides is 1. The fourth-order valence-electron chi connectivity index (χ4n) is 2.74. The van der Waals surface area contributed by atoms with Crippen LogP contribution in [0.3, 0.4) is 0 Å². The SMILES string of the molecule is COC1CCCC1NS(=O)(=O)c1cc(C)cc(N)c1C. The maximum absolute atomic E-state index is 12.6. The Kier molecular flexibility index (Phi) is 4.36. The van der Waals surface area contributed by atoms with Gasteiger partial charge in [0, 0.05) is 18.8 Å². The summed E-state index contributed by atoms with van der Waals surface area (Å²) < 4.78 is 33.2. The van der Waals surface area contributed by atoms with Gasteiger partial charge in [-0.15, -0.1) is 0 Å². The number of hydrogen-bond donors (Lipinski definition) is 2. The first-order valence-electron chi connectivity index (χ1n) is 6.77. The standard InChI is InChI=1S/C14H22N2O3S/c1-9-7-11(15)10(2)14(8-9)20(17,18)16-12-5-4-6-13(12)19-3/h7-8,12-13,16H,4-6,15H2,1-3H3. The summed E-state index contributed by atoms with van der Waals surface area (Å²) in [6.07, 6.45) is 2.62. The van der Waals surface area contributed by atoms with E-state index in [0.29, 0.717) is 11.3 Å². The van der Waals surface area contributed by atoms with Crippen molar-refractivity contribution in [1.82, 2.24) is 4.72 Å². The summed E-state index contributed by atoms with van der Waals surface area (Å²) in [5, 5.41) is 0. The molecular weight excluding hydrogens is 276 g/mol. The molecule has 0 aliphatic heterocycles. The Morgan fingerprint density at radius 3 is 2.65 bits per heavy atom. The summed E-state index contributed by atoms with van der Waals surface area (Å²) in [5.41, 5.74) is 7.79. The molecule has 1 saturated carbocycles. The normalized spacial score (nSPS) is 23.1. The number of nitrogens with two attached hydrogens (primary N) is 1. The van der Waals surface area contributed by atoms with Crippen LogP contribution in [0.25, 0.3) is 0 Å². The summed E-state index contributed by atoms with van der Waals surface area (Å²) >= 11 is 0. The Hall–Kier alpha value is -1.11. The van der Waals surface area contributed by atoms with Crippen LogP contribution >= 0.6 is 0 Å². The Morgan fingerprint density at radius 1 is 1.30 bits per heavy atom. The molecule has 2 rings (SSSR count). The van der Waals surface area contributed by atoms with Crippen molar-refractivity contribution in [2.75, 3.05) is 12.8 Å². The molecule has 6 heteroatoms. The highest BCUT2D eigenvalue weighted by Crippen LogP contribution is 2.26. The van der Waals surface area contributed by atoms with Crippen LogP contribution in [0, 0.1) is 13.8 Å². The minimum absolute atomic E-state index is 0.0489. The molecule has 112 valence electrons. The zero-order valence-electron chi connectivity index (χ0n) is 12.1. The van der Waals surface area contributed by atoms with E-state index in [9.17, 15) is 8.42 Å². The second-order valence-electron chi connectivity index (χ2n) is 5.41.